The molecule has 0 saturated heterocycles. The van der Waals surface area contributed by atoms with E-state index >= 15 is 0 Å². The monoisotopic (exact) mass is 356 g/mol. The maximum atomic E-state index is 12.4. The maximum Gasteiger partial charge on any atom is 0.315 e. The van der Waals surface area contributed by atoms with E-state index in [1.807, 2.05) is 4.90 Å². The molecular formula is C18H20N4O4. The van der Waals surface area contributed by atoms with Crippen LogP contribution < -0.4 is 10.3 Å². The summed E-state index contributed by atoms with van der Waals surface area (Å²) in [4.78, 5) is 33.1. The topological polar surface area (TPSA) is 101 Å². The number of H-pyrrole nitrogens is 1. The minimum absolute atomic E-state index is 0.0167. The third kappa shape index (κ3) is 3.08. The summed E-state index contributed by atoms with van der Waals surface area (Å²) in [6.07, 6.45) is 2.86. The number of nitro benzene ring substituents is 1. The van der Waals surface area contributed by atoms with Crippen LogP contribution in [0.2, 0.25) is 0 Å². The van der Waals surface area contributed by atoms with Gasteiger partial charge in [0, 0.05) is 37.5 Å². The Morgan fingerprint density at radius 2 is 2.23 bits per heavy atom. The fourth-order valence-corrected chi connectivity index (χ4v) is 3.49. The summed E-state index contributed by atoms with van der Waals surface area (Å²) < 4.78 is 5.13. The number of rotatable bonds is 5. The van der Waals surface area contributed by atoms with Crippen molar-refractivity contribution >= 4 is 5.69 Å². The number of methoxy groups -OCH3 is 1. The summed E-state index contributed by atoms with van der Waals surface area (Å²) >= 11 is 0. The summed E-state index contributed by atoms with van der Waals surface area (Å²) in [5.74, 6) is 1.47. The third-order valence-corrected chi connectivity index (χ3v) is 5.01. The zero-order valence-corrected chi connectivity index (χ0v) is 14.5. The average Bonchev–Trinajstić information content (AvgIpc) is 3.46. The van der Waals surface area contributed by atoms with E-state index in [4.69, 9.17) is 4.74 Å². The lowest BCUT2D eigenvalue weighted by atomic mass is 10.0. The number of hydrogen-bond donors (Lipinski definition) is 1. The Balaban J connectivity index is 1.59. The van der Waals surface area contributed by atoms with Gasteiger partial charge in [0.2, 0.25) is 0 Å². The van der Waals surface area contributed by atoms with E-state index in [0.717, 1.165) is 24.4 Å². The first-order valence-electron chi connectivity index (χ1n) is 8.71. The normalized spacial score (nSPS) is 17.0. The van der Waals surface area contributed by atoms with E-state index in [9.17, 15) is 14.9 Å². The van der Waals surface area contributed by atoms with Crippen molar-refractivity contribution in [2.75, 3.05) is 13.7 Å². The van der Waals surface area contributed by atoms with Crippen LogP contribution in [-0.4, -0.2) is 33.4 Å². The van der Waals surface area contributed by atoms with Gasteiger partial charge in [-0.2, -0.15) is 0 Å². The molecule has 0 amide bonds. The maximum absolute atomic E-state index is 12.4. The van der Waals surface area contributed by atoms with Crippen molar-refractivity contribution in [1.29, 1.82) is 0 Å². The Morgan fingerprint density at radius 1 is 1.42 bits per heavy atom. The summed E-state index contributed by atoms with van der Waals surface area (Å²) in [5.41, 5.74) is 2.02. The SMILES string of the molecule is COc1cccc(CN2CCc3nc(C4CC4)[nH]c(=O)c3C2)c1[N+](=O)[O-]. The Bertz CT molecular complexity index is 920. The van der Waals surface area contributed by atoms with Gasteiger partial charge in [-0.1, -0.05) is 12.1 Å². The van der Waals surface area contributed by atoms with Gasteiger partial charge >= 0.3 is 5.69 Å². The third-order valence-electron chi connectivity index (χ3n) is 5.01. The average molecular weight is 356 g/mol. The molecule has 1 fully saturated rings. The van der Waals surface area contributed by atoms with Crippen molar-refractivity contribution < 1.29 is 9.66 Å². The van der Waals surface area contributed by atoms with Crippen LogP contribution in [0.4, 0.5) is 5.69 Å². The Kier molecular flexibility index (Phi) is 4.20. The van der Waals surface area contributed by atoms with Crippen LogP contribution >= 0.6 is 0 Å². The molecule has 136 valence electrons. The molecule has 26 heavy (non-hydrogen) atoms. The number of hydrogen-bond acceptors (Lipinski definition) is 6. The number of benzene rings is 1. The Morgan fingerprint density at radius 3 is 2.92 bits per heavy atom. The molecule has 0 unspecified atom stereocenters. The van der Waals surface area contributed by atoms with Gasteiger partial charge in [0.05, 0.1) is 23.3 Å². The summed E-state index contributed by atoms with van der Waals surface area (Å²) in [6, 6.07) is 5.06. The first-order chi connectivity index (χ1) is 12.6. The molecule has 1 aliphatic carbocycles. The highest BCUT2D eigenvalue weighted by Crippen LogP contribution is 2.38. The van der Waals surface area contributed by atoms with E-state index in [1.165, 1.54) is 7.11 Å². The number of fused-ring (bicyclic) bond motifs is 1. The highest BCUT2D eigenvalue weighted by atomic mass is 16.6. The molecule has 1 aromatic carbocycles. The number of nitrogens with zero attached hydrogens (tertiary/aromatic N) is 3. The number of aromatic nitrogens is 2. The minimum Gasteiger partial charge on any atom is -0.490 e. The number of aromatic amines is 1. The number of ether oxygens (including phenoxy) is 1. The smallest absolute Gasteiger partial charge is 0.315 e. The second-order valence-electron chi connectivity index (χ2n) is 6.84. The summed E-state index contributed by atoms with van der Waals surface area (Å²) in [7, 11) is 1.42. The quantitative estimate of drug-likeness (QED) is 0.650. The molecule has 0 spiro atoms. The van der Waals surface area contributed by atoms with Crippen LogP contribution in [-0.2, 0) is 19.5 Å². The van der Waals surface area contributed by atoms with Crippen molar-refractivity contribution in [3.8, 4) is 5.75 Å². The summed E-state index contributed by atoms with van der Waals surface area (Å²) in [6.45, 7) is 1.54. The van der Waals surface area contributed by atoms with Crippen LogP contribution in [0.3, 0.4) is 0 Å². The van der Waals surface area contributed by atoms with E-state index in [1.54, 1.807) is 18.2 Å². The molecule has 1 aliphatic heterocycles. The second-order valence-corrected chi connectivity index (χ2v) is 6.84. The lowest BCUT2D eigenvalue weighted by Crippen LogP contribution is -2.35. The van der Waals surface area contributed by atoms with Gasteiger partial charge in [0.25, 0.3) is 5.56 Å². The van der Waals surface area contributed by atoms with Crippen molar-refractivity contribution in [2.24, 2.45) is 0 Å². The van der Waals surface area contributed by atoms with Crippen LogP contribution in [0.5, 0.6) is 5.75 Å². The standard InChI is InChI=1S/C18H20N4O4/c1-26-15-4-2-3-12(16(15)22(24)25)9-21-8-7-14-13(10-21)18(23)20-17(19-14)11-5-6-11/h2-4,11H,5-10H2,1H3,(H,19,20,23). The van der Waals surface area contributed by atoms with Gasteiger partial charge in [0.1, 0.15) is 5.82 Å². The van der Waals surface area contributed by atoms with E-state index in [-0.39, 0.29) is 17.0 Å². The predicted molar refractivity (Wildman–Crippen MR) is 94.3 cm³/mol. The fourth-order valence-electron chi connectivity index (χ4n) is 3.49. The molecule has 2 heterocycles. The molecular weight excluding hydrogens is 336 g/mol. The highest BCUT2D eigenvalue weighted by Gasteiger charge is 2.30. The largest absolute Gasteiger partial charge is 0.490 e. The molecule has 2 aromatic rings. The lowest BCUT2D eigenvalue weighted by Gasteiger charge is -2.27. The molecule has 1 N–H and O–H groups in total. The molecule has 0 bridgehead atoms. The van der Waals surface area contributed by atoms with Gasteiger partial charge < -0.3 is 9.72 Å². The Hall–Kier alpha value is -2.74. The number of nitrogens with one attached hydrogen (secondary N) is 1. The molecule has 1 saturated carbocycles. The van der Waals surface area contributed by atoms with Crippen molar-refractivity contribution in [2.45, 2.75) is 38.3 Å². The highest BCUT2D eigenvalue weighted by molar-refractivity contribution is 5.52. The van der Waals surface area contributed by atoms with Crippen LogP contribution in [0.25, 0.3) is 0 Å². The van der Waals surface area contributed by atoms with Gasteiger partial charge in [-0.25, -0.2) is 4.98 Å². The van der Waals surface area contributed by atoms with Crippen molar-refractivity contribution in [1.82, 2.24) is 14.9 Å². The second kappa shape index (κ2) is 6.53. The van der Waals surface area contributed by atoms with Crippen molar-refractivity contribution in [3.63, 3.8) is 0 Å². The van der Waals surface area contributed by atoms with Gasteiger partial charge in [-0.15, -0.1) is 0 Å². The summed E-state index contributed by atoms with van der Waals surface area (Å²) in [5, 5.41) is 11.4. The Labute approximate surface area is 150 Å². The lowest BCUT2D eigenvalue weighted by molar-refractivity contribution is -0.386. The van der Waals surface area contributed by atoms with Crippen LogP contribution in [0.15, 0.2) is 23.0 Å². The van der Waals surface area contributed by atoms with E-state index < -0.39 is 4.92 Å². The van der Waals surface area contributed by atoms with E-state index in [2.05, 4.69) is 9.97 Å². The number of nitro groups is 1. The molecule has 8 nitrogen and oxygen atoms in total. The first-order valence-corrected chi connectivity index (χ1v) is 8.71. The molecule has 8 heteroatoms. The van der Waals surface area contributed by atoms with Gasteiger partial charge in [-0.05, 0) is 18.9 Å². The van der Waals surface area contributed by atoms with Crippen LogP contribution in [0, 0.1) is 10.1 Å². The van der Waals surface area contributed by atoms with Crippen molar-refractivity contribution in [3.05, 3.63) is 61.3 Å². The fraction of sp³-hybridized carbons (Fsp3) is 0.444. The van der Waals surface area contributed by atoms with E-state index in [0.29, 0.717) is 43.1 Å². The van der Waals surface area contributed by atoms with Gasteiger partial charge in [-0.3, -0.25) is 19.8 Å². The van der Waals surface area contributed by atoms with Crippen LogP contribution in [0.1, 0.15) is 41.4 Å². The first kappa shape index (κ1) is 16.7. The molecule has 0 atom stereocenters. The minimum atomic E-state index is -0.414. The number of para-hydroxylation sites is 1. The molecule has 2 aliphatic rings. The predicted octanol–water partition coefficient (Wildman–Crippen LogP) is 2.12. The van der Waals surface area contributed by atoms with Gasteiger partial charge in [0.15, 0.2) is 5.75 Å². The molecule has 1 aromatic heterocycles. The molecule has 4 rings (SSSR count). The molecule has 0 radical (unpaired) electrons. The zero-order valence-electron chi connectivity index (χ0n) is 14.5. The zero-order chi connectivity index (χ0) is 18.3.